The zero-order valence-electron chi connectivity index (χ0n) is 12.7. The van der Waals surface area contributed by atoms with Crippen LogP contribution in [0.2, 0.25) is 0 Å². The van der Waals surface area contributed by atoms with E-state index in [0.717, 1.165) is 12.8 Å². The molecule has 0 aromatic heterocycles. The molecule has 0 nitrogen and oxygen atoms in total. The zero-order valence-corrected chi connectivity index (χ0v) is 12.7. The Kier molecular flexibility index (Phi) is 6.22. The minimum atomic E-state index is 0. The van der Waals surface area contributed by atoms with E-state index in [1.807, 2.05) is 0 Å². The van der Waals surface area contributed by atoms with E-state index in [-0.39, 0.29) is 64.5 Å². The Bertz CT molecular complexity index is 782. The van der Waals surface area contributed by atoms with E-state index in [0.29, 0.717) is 0 Å². The second kappa shape index (κ2) is 7.44. The van der Waals surface area contributed by atoms with Crippen LogP contribution in [0.4, 0.5) is 0 Å². The van der Waals surface area contributed by atoms with Crippen molar-refractivity contribution in [2.45, 2.75) is 32.1 Å². The van der Waals surface area contributed by atoms with Gasteiger partial charge in [0.05, 0.1) is 0 Å². The van der Waals surface area contributed by atoms with Crippen LogP contribution in [0.25, 0.3) is 11.1 Å². The molecule has 2 aliphatic rings. The van der Waals surface area contributed by atoms with Crippen molar-refractivity contribution in [3.8, 4) is 11.1 Å². The summed E-state index contributed by atoms with van der Waals surface area (Å²) in [6.45, 7) is 4.73. The van der Waals surface area contributed by atoms with Gasteiger partial charge in [0.2, 0.25) is 0 Å². The Morgan fingerprint density at radius 2 is 1.61 bits per heavy atom. The summed E-state index contributed by atoms with van der Waals surface area (Å²) in [6, 6.07) is 15.7. The maximum absolute atomic E-state index is 2.37. The molecule has 2 aromatic rings. The van der Waals surface area contributed by atoms with Crippen molar-refractivity contribution >= 4 is 59.1 Å². The Morgan fingerprint density at radius 1 is 0.870 bits per heavy atom. The molecular formula is C21H22Na2. The first-order valence-corrected chi connectivity index (χ1v) is 7.75. The number of benzene rings is 2. The summed E-state index contributed by atoms with van der Waals surface area (Å²) in [7, 11) is 0. The molecule has 0 saturated heterocycles. The van der Waals surface area contributed by atoms with Crippen molar-refractivity contribution in [3.05, 3.63) is 83.0 Å². The van der Waals surface area contributed by atoms with Gasteiger partial charge in [-0.15, -0.1) is 0 Å². The average Bonchev–Trinajstić information content (AvgIpc) is 3.14. The number of hydrogen-bond acceptors (Lipinski definition) is 0. The molecule has 0 N–H and O–H groups in total. The molecule has 0 spiro atoms. The van der Waals surface area contributed by atoms with Crippen molar-refractivity contribution < 1.29 is 0 Å². The first-order chi connectivity index (χ1) is 10.2. The van der Waals surface area contributed by atoms with Gasteiger partial charge in [-0.1, -0.05) is 80.1 Å². The molecule has 0 fully saturated rings. The molecule has 2 aromatic carbocycles. The summed E-state index contributed by atoms with van der Waals surface area (Å²) in [6.07, 6.45) is 8.90. The van der Waals surface area contributed by atoms with Crippen LogP contribution >= 0.6 is 0 Å². The SMILES string of the molecule is CC(C)(C1=CC=CC1)c1cccc2c1Cc1ccccc1-2.[NaH].[NaH]. The van der Waals surface area contributed by atoms with Gasteiger partial charge in [-0.25, -0.2) is 0 Å². The summed E-state index contributed by atoms with van der Waals surface area (Å²) in [5, 5.41) is 0. The molecule has 108 valence electrons. The van der Waals surface area contributed by atoms with E-state index in [4.69, 9.17) is 0 Å². The zero-order chi connectivity index (χ0) is 14.4. The monoisotopic (exact) mass is 320 g/mol. The second-order valence-corrected chi connectivity index (χ2v) is 6.61. The van der Waals surface area contributed by atoms with Crippen molar-refractivity contribution in [1.82, 2.24) is 0 Å². The third-order valence-electron chi connectivity index (χ3n) is 5.10. The van der Waals surface area contributed by atoms with Gasteiger partial charge < -0.3 is 0 Å². The van der Waals surface area contributed by atoms with E-state index >= 15 is 0 Å². The fourth-order valence-electron chi connectivity index (χ4n) is 3.83. The molecule has 0 aliphatic heterocycles. The average molecular weight is 320 g/mol. The summed E-state index contributed by atoms with van der Waals surface area (Å²) in [5.74, 6) is 0. The molecule has 0 amide bonds. The van der Waals surface area contributed by atoms with Gasteiger partial charge in [0, 0.05) is 5.41 Å². The standard InChI is InChI=1S/C21H20.2Na.2H/c1-21(2,16-9-4-5-10-16)20-13-7-12-18-17-11-6-3-8-15(17)14-19(18)20;;;;/h3-9,11-13H,10,14H2,1-2H3;;;;. The molecule has 4 rings (SSSR count). The van der Waals surface area contributed by atoms with E-state index in [9.17, 15) is 0 Å². The molecule has 0 radical (unpaired) electrons. The first-order valence-electron chi connectivity index (χ1n) is 7.75. The number of rotatable bonds is 2. The van der Waals surface area contributed by atoms with Gasteiger partial charge in [0.25, 0.3) is 0 Å². The van der Waals surface area contributed by atoms with E-state index < -0.39 is 0 Å². The Balaban J connectivity index is 0.000000960. The summed E-state index contributed by atoms with van der Waals surface area (Å²) in [5.41, 5.74) is 8.96. The third kappa shape index (κ3) is 3.23. The molecule has 0 atom stereocenters. The molecule has 0 heterocycles. The molecule has 0 bridgehead atoms. The van der Waals surface area contributed by atoms with Crippen LogP contribution in [0.15, 0.2) is 66.3 Å². The van der Waals surface area contributed by atoms with E-state index in [2.05, 4.69) is 74.5 Å². The number of hydrogen-bond donors (Lipinski definition) is 0. The van der Waals surface area contributed by atoms with Gasteiger partial charge in [-0.05, 0) is 40.7 Å². The molecular weight excluding hydrogens is 298 g/mol. The quantitative estimate of drug-likeness (QED) is 0.623. The van der Waals surface area contributed by atoms with Crippen LogP contribution in [-0.2, 0) is 11.8 Å². The Hall–Kier alpha value is -0.0800. The summed E-state index contributed by atoms with van der Waals surface area (Å²) < 4.78 is 0. The van der Waals surface area contributed by atoms with Crippen LogP contribution in [0, 0.1) is 0 Å². The van der Waals surface area contributed by atoms with Crippen LogP contribution in [-0.4, -0.2) is 59.1 Å². The fraction of sp³-hybridized carbons (Fsp3) is 0.238. The van der Waals surface area contributed by atoms with Crippen molar-refractivity contribution in [3.63, 3.8) is 0 Å². The summed E-state index contributed by atoms with van der Waals surface area (Å²) >= 11 is 0. The summed E-state index contributed by atoms with van der Waals surface area (Å²) in [4.78, 5) is 0. The van der Waals surface area contributed by atoms with Crippen LogP contribution < -0.4 is 0 Å². The van der Waals surface area contributed by atoms with Gasteiger partial charge in [-0.3, -0.25) is 0 Å². The first kappa shape index (κ1) is 19.2. The predicted octanol–water partition coefficient (Wildman–Crippen LogP) is 4.12. The van der Waals surface area contributed by atoms with Gasteiger partial charge in [0.15, 0.2) is 0 Å². The predicted molar refractivity (Wildman–Crippen MR) is 104 cm³/mol. The van der Waals surface area contributed by atoms with Crippen molar-refractivity contribution in [1.29, 1.82) is 0 Å². The van der Waals surface area contributed by atoms with Gasteiger partial charge in [0.1, 0.15) is 0 Å². The normalized spacial score (nSPS) is 14.4. The minimum absolute atomic E-state index is 0. The van der Waals surface area contributed by atoms with E-state index in [1.54, 1.807) is 0 Å². The molecule has 2 aliphatic carbocycles. The number of allylic oxidation sites excluding steroid dienone is 4. The van der Waals surface area contributed by atoms with Crippen LogP contribution in [0.5, 0.6) is 0 Å². The molecule has 0 saturated carbocycles. The molecule has 2 heteroatoms. The second-order valence-electron chi connectivity index (χ2n) is 6.61. The van der Waals surface area contributed by atoms with Crippen molar-refractivity contribution in [2.75, 3.05) is 0 Å². The maximum atomic E-state index is 2.37. The van der Waals surface area contributed by atoms with Crippen molar-refractivity contribution in [2.24, 2.45) is 0 Å². The fourth-order valence-corrected chi connectivity index (χ4v) is 3.83. The Labute approximate surface area is 183 Å². The third-order valence-corrected chi connectivity index (χ3v) is 5.10. The van der Waals surface area contributed by atoms with Crippen LogP contribution in [0.1, 0.15) is 37.0 Å². The van der Waals surface area contributed by atoms with Crippen LogP contribution in [0.3, 0.4) is 0 Å². The van der Waals surface area contributed by atoms with E-state index in [1.165, 1.54) is 33.4 Å². The number of fused-ring (bicyclic) bond motifs is 3. The van der Waals surface area contributed by atoms with Gasteiger partial charge in [-0.2, -0.15) is 0 Å². The molecule has 0 unspecified atom stereocenters. The van der Waals surface area contributed by atoms with Gasteiger partial charge >= 0.3 is 59.1 Å². The Morgan fingerprint density at radius 3 is 2.35 bits per heavy atom. The topological polar surface area (TPSA) is 0 Å². The molecule has 23 heavy (non-hydrogen) atoms.